The summed E-state index contributed by atoms with van der Waals surface area (Å²) in [6.45, 7) is 4.25. The Hall–Kier alpha value is -1.06. The van der Waals surface area contributed by atoms with Crippen molar-refractivity contribution in [1.82, 2.24) is 0 Å². The van der Waals surface area contributed by atoms with Gasteiger partial charge in [0.15, 0.2) is 0 Å². The maximum Gasteiger partial charge on any atom is 0.347 e. The van der Waals surface area contributed by atoms with E-state index < -0.39 is 12.1 Å². The molecule has 4 heteroatoms. The third-order valence-corrected chi connectivity index (χ3v) is 3.26. The second-order valence-electron chi connectivity index (χ2n) is 4.37. The molecule has 0 N–H and O–H groups in total. The lowest BCUT2D eigenvalue weighted by atomic mass is 10.1. The molecule has 0 bridgehead atoms. The number of carbonyl (C=O) groups is 2. The fourth-order valence-corrected chi connectivity index (χ4v) is 1.71. The fraction of sp³-hybridized carbons (Fsp3) is 0.800. The maximum absolute atomic E-state index is 11.6. The normalized spacial score (nSPS) is 40.6. The van der Waals surface area contributed by atoms with Gasteiger partial charge in [0, 0.05) is 6.42 Å². The largest absolute Gasteiger partial charge is 0.463 e. The topological polar surface area (TPSA) is 52.6 Å². The summed E-state index contributed by atoms with van der Waals surface area (Å²) in [7, 11) is 0. The van der Waals surface area contributed by atoms with Crippen LogP contribution in [0.2, 0.25) is 0 Å². The highest BCUT2D eigenvalue weighted by Gasteiger charge is 2.55. The van der Waals surface area contributed by atoms with Crippen LogP contribution in [0.5, 0.6) is 0 Å². The molecule has 3 atom stereocenters. The second kappa shape index (κ2) is 2.97. The van der Waals surface area contributed by atoms with Crippen molar-refractivity contribution in [3.63, 3.8) is 0 Å². The van der Waals surface area contributed by atoms with Crippen molar-refractivity contribution in [1.29, 1.82) is 0 Å². The summed E-state index contributed by atoms with van der Waals surface area (Å²) < 4.78 is 9.82. The van der Waals surface area contributed by atoms with Gasteiger partial charge >= 0.3 is 11.9 Å². The summed E-state index contributed by atoms with van der Waals surface area (Å²) in [6.07, 6.45) is 0.690. The fourth-order valence-electron chi connectivity index (χ4n) is 1.71. The Morgan fingerprint density at radius 2 is 2.29 bits per heavy atom. The van der Waals surface area contributed by atoms with Gasteiger partial charge in [-0.05, 0) is 19.3 Å². The molecule has 2 aliphatic rings. The molecule has 2 fully saturated rings. The minimum Gasteiger partial charge on any atom is -0.463 e. The van der Waals surface area contributed by atoms with Gasteiger partial charge in [-0.15, -0.1) is 0 Å². The molecule has 0 amide bonds. The number of esters is 2. The highest BCUT2D eigenvalue weighted by atomic mass is 16.6. The van der Waals surface area contributed by atoms with E-state index in [0.29, 0.717) is 18.9 Å². The van der Waals surface area contributed by atoms with E-state index in [9.17, 15) is 9.59 Å². The molecule has 0 radical (unpaired) electrons. The van der Waals surface area contributed by atoms with Gasteiger partial charge in [-0.3, -0.25) is 4.79 Å². The third-order valence-electron chi connectivity index (χ3n) is 3.26. The molecule has 1 saturated heterocycles. The Labute approximate surface area is 82.6 Å². The first kappa shape index (κ1) is 9.49. The van der Waals surface area contributed by atoms with E-state index in [-0.39, 0.29) is 11.4 Å². The molecular weight excluding hydrogens is 184 g/mol. The van der Waals surface area contributed by atoms with Crippen molar-refractivity contribution in [2.24, 2.45) is 11.3 Å². The van der Waals surface area contributed by atoms with Crippen LogP contribution in [0.25, 0.3) is 0 Å². The zero-order chi connectivity index (χ0) is 10.3. The number of cyclic esters (lactones) is 1. The molecule has 14 heavy (non-hydrogen) atoms. The number of carbonyl (C=O) groups excluding carboxylic acids is 2. The van der Waals surface area contributed by atoms with Crippen LogP contribution in [-0.4, -0.2) is 24.6 Å². The van der Waals surface area contributed by atoms with Gasteiger partial charge in [0.25, 0.3) is 0 Å². The van der Waals surface area contributed by atoms with Crippen LogP contribution < -0.4 is 0 Å². The first-order valence-corrected chi connectivity index (χ1v) is 4.92. The molecule has 0 aromatic heterocycles. The molecule has 3 unspecified atom stereocenters. The molecular formula is C10H14O4. The molecule has 4 nitrogen and oxygen atoms in total. The summed E-state index contributed by atoms with van der Waals surface area (Å²) in [5, 5.41) is 0. The molecule has 0 aromatic carbocycles. The predicted molar refractivity (Wildman–Crippen MR) is 47.3 cm³/mol. The van der Waals surface area contributed by atoms with Crippen LogP contribution in [0.15, 0.2) is 0 Å². The number of hydrogen-bond donors (Lipinski definition) is 0. The van der Waals surface area contributed by atoms with Crippen molar-refractivity contribution in [2.75, 3.05) is 6.61 Å². The number of hydrogen-bond acceptors (Lipinski definition) is 4. The highest BCUT2D eigenvalue weighted by Crippen LogP contribution is 2.52. The lowest BCUT2D eigenvalue weighted by Gasteiger charge is -2.12. The SMILES string of the molecule is CC1CC1(C)C(=O)OC1CCOC1=O. The van der Waals surface area contributed by atoms with Crippen molar-refractivity contribution in [3.8, 4) is 0 Å². The quantitative estimate of drug-likeness (QED) is 0.618. The Balaban J connectivity index is 1.92. The Bertz CT molecular complexity index is 286. The molecule has 0 aromatic rings. The lowest BCUT2D eigenvalue weighted by molar-refractivity contribution is -0.164. The average Bonchev–Trinajstić information content (AvgIpc) is 2.55. The summed E-state index contributed by atoms with van der Waals surface area (Å²) in [5.41, 5.74) is -0.358. The predicted octanol–water partition coefficient (Wildman–Crippen LogP) is 0.891. The van der Waals surface area contributed by atoms with Crippen LogP contribution in [0.1, 0.15) is 26.7 Å². The third kappa shape index (κ3) is 1.38. The first-order valence-electron chi connectivity index (χ1n) is 4.92. The molecule has 0 spiro atoms. The van der Waals surface area contributed by atoms with Gasteiger partial charge in [-0.1, -0.05) is 6.92 Å². The smallest absolute Gasteiger partial charge is 0.347 e. The number of rotatable bonds is 2. The minimum atomic E-state index is -0.660. The van der Waals surface area contributed by atoms with Gasteiger partial charge in [0.2, 0.25) is 6.10 Å². The van der Waals surface area contributed by atoms with E-state index in [1.807, 2.05) is 13.8 Å². The number of ether oxygens (including phenoxy) is 2. The first-order chi connectivity index (χ1) is 6.54. The van der Waals surface area contributed by atoms with Crippen LogP contribution in [0, 0.1) is 11.3 Å². The van der Waals surface area contributed by atoms with E-state index in [4.69, 9.17) is 9.47 Å². The van der Waals surface area contributed by atoms with Crippen LogP contribution in [0.4, 0.5) is 0 Å². The summed E-state index contributed by atoms with van der Waals surface area (Å²) in [6, 6.07) is 0. The molecule has 1 aliphatic carbocycles. The minimum absolute atomic E-state index is 0.256. The van der Waals surface area contributed by atoms with Crippen LogP contribution in [-0.2, 0) is 19.1 Å². The van der Waals surface area contributed by atoms with Crippen LogP contribution >= 0.6 is 0 Å². The van der Waals surface area contributed by atoms with Gasteiger partial charge in [0.1, 0.15) is 0 Å². The zero-order valence-corrected chi connectivity index (χ0v) is 8.41. The Morgan fingerprint density at radius 3 is 2.71 bits per heavy atom. The molecule has 78 valence electrons. The lowest BCUT2D eigenvalue weighted by Crippen LogP contribution is -2.27. The van der Waals surface area contributed by atoms with Gasteiger partial charge in [0.05, 0.1) is 12.0 Å². The summed E-state index contributed by atoms with van der Waals surface area (Å²) in [4.78, 5) is 22.6. The van der Waals surface area contributed by atoms with Gasteiger partial charge in [-0.2, -0.15) is 0 Å². The van der Waals surface area contributed by atoms with E-state index in [2.05, 4.69) is 0 Å². The van der Waals surface area contributed by atoms with Crippen LogP contribution in [0.3, 0.4) is 0 Å². The van der Waals surface area contributed by atoms with E-state index >= 15 is 0 Å². The van der Waals surface area contributed by atoms with Crippen molar-refractivity contribution >= 4 is 11.9 Å². The standard InChI is InChI=1S/C10H14O4/c1-6-5-10(6,2)9(12)14-7-3-4-13-8(7)11/h6-7H,3-5H2,1-2H3. The van der Waals surface area contributed by atoms with Crippen molar-refractivity contribution in [3.05, 3.63) is 0 Å². The Morgan fingerprint density at radius 1 is 1.64 bits per heavy atom. The van der Waals surface area contributed by atoms with E-state index in [1.165, 1.54) is 0 Å². The zero-order valence-electron chi connectivity index (χ0n) is 8.41. The second-order valence-corrected chi connectivity index (χ2v) is 4.37. The molecule has 2 rings (SSSR count). The average molecular weight is 198 g/mol. The van der Waals surface area contributed by atoms with Crippen molar-refractivity contribution < 1.29 is 19.1 Å². The maximum atomic E-state index is 11.6. The monoisotopic (exact) mass is 198 g/mol. The Kier molecular flexibility index (Phi) is 2.01. The van der Waals surface area contributed by atoms with Gasteiger partial charge in [-0.25, -0.2) is 4.79 Å². The summed E-state index contributed by atoms with van der Waals surface area (Å²) in [5.74, 6) is -0.295. The highest BCUT2D eigenvalue weighted by molar-refractivity contribution is 5.84. The summed E-state index contributed by atoms with van der Waals surface area (Å²) >= 11 is 0. The molecule has 1 heterocycles. The molecule has 1 aliphatic heterocycles. The van der Waals surface area contributed by atoms with E-state index in [1.54, 1.807) is 0 Å². The van der Waals surface area contributed by atoms with Crippen molar-refractivity contribution in [2.45, 2.75) is 32.8 Å². The van der Waals surface area contributed by atoms with E-state index in [0.717, 1.165) is 6.42 Å². The molecule has 1 saturated carbocycles. The van der Waals surface area contributed by atoms with Gasteiger partial charge < -0.3 is 9.47 Å².